The highest BCUT2D eigenvalue weighted by molar-refractivity contribution is 5.63. The summed E-state index contributed by atoms with van der Waals surface area (Å²) in [6.45, 7) is 4.15. The monoisotopic (exact) mass is 238 g/mol. The number of aryl methyl sites for hydroxylation is 2. The molecule has 1 nitrogen and oxygen atoms in total. The van der Waals surface area contributed by atoms with Crippen molar-refractivity contribution in [3.63, 3.8) is 0 Å². The molecule has 0 radical (unpaired) electrons. The Morgan fingerprint density at radius 2 is 1.83 bits per heavy atom. The summed E-state index contributed by atoms with van der Waals surface area (Å²) in [6, 6.07) is 16.4. The van der Waals surface area contributed by atoms with E-state index in [1.54, 1.807) is 0 Å². The summed E-state index contributed by atoms with van der Waals surface area (Å²) < 4.78 is 0. The van der Waals surface area contributed by atoms with Crippen LogP contribution >= 0.6 is 0 Å². The highest BCUT2D eigenvalue weighted by Gasteiger charge is 2.12. The first-order valence-corrected chi connectivity index (χ1v) is 6.27. The van der Waals surface area contributed by atoms with Crippen LogP contribution in [0.25, 0.3) is 0 Å². The molecule has 0 fully saturated rings. The van der Waals surface area contributed by atoms with Gasteiger partial charge in [0.2, 0.25) is 0 Å². The topological polar surface area (TPSA) is 17.1 Å². The molecule has 1 heteroatoms. The molecule has 0 saturated heterocycles. The highest BCUT2D eigenvalue weighted by Crippen LogP contribution is 2.21. The standard InChI is InChI=1S/C17H18O/c1-13-6-5-9-16(10-13)17(12-18)11-15-8-4-3-7-14(15)2/h3-10,12,17H,11H2,1-2H3. The Morgan fingerprint density at radius 1 is 1.06 bits per heavy atom. The van der Waals surface area contributed by atoms with Crippen LogP contribution in [-0.2, 0) is 11.2 Å². The smallest absolute Gasteiger partial charge is 0.127 e. The summed E-state index contributed by atoms with van der Waals surface area (Å²) in [5, 5.41) is 0. The summed E-state index contributed by atoms with van der Waals surface area (Å²) in [5.74, 6) is -0.0500. The van der Waals surface area contributed by atoms with Gasteiger partial charge in [0.05, 0.1) is 0 Å². The third-order valence-corrected chi connectivity index (χ3v) is 3.34. The van der Waals surface area contributed by atoms with Gasteiger partial charge in [-0.25, -0.2) is 0 Å². The van der Waals surface area contributed by atoms with Crippen LogP contribution in [0.15, 0.2) is 48.5 Å². The van der Waals surface area contributed by atoms with Crippen molar-refractivity contribution in [2.75, 3.05) is 0 Å². The first-order valence-electron chi connectivity index (χ1n) is 6.27. The molecule has 0 spiro atoms. The largest absolute Gasteiger partial charge is 0.303 e. The van der Waals surface area contributed by atoms with Gasteiger partial charge in [0.1, 0.15) is 6.29 Å². The van der Waals surface area contributed by atoms with Crippen molar-refractivity contribution in [2.24, 2.45) is 0 Å². The van der Waals surface area contributed by atoms with Gasteiger partial charge in [-0.3, -0.25) is 0 Å². The Morgan fingerprint density at radius 3 is 2.50 bits per heavy atom. The zero-order valence-electron chi connectivity index (χ0n) is 10.9. The van der Waals surface area contributed by atoms with Crippen molar-refractivity contribution in [1.29, 1.82) is 0 Å². The van der Waals surface area contributed by atoms with Gasteiger partial charge in [-0.2, -0.15) is 0 Å². The van der Waals surface area contributed by atoms with Gasteiger partial charge in [0.25, 0.3) is 0 Å². The predicted octanol–water partition coefficient (Wildman–Crippen LogP) is 3.83. The van der Waals surface area contributed by atoms with E-state index in [4.69, 9.17) is 0 Å². The molecule has 0 saturated carbocycles. The van der Waals surface area contributed by atoms with E-state index in [0.717, 1.165) is 18.3 Å². The van der Waals surface area contributed by atoms with Crippen LogP contribution < -0.4 is 0 Å². The number of carbonyl (C=O) groups excluding carboxylic acids is 1. The van der Waals surface area contributed by atoms with Crippen LogP contribution in [0.5, 0.6) is 0 Å². The van der Waals surface area contributed by atoms with E-state index in [1.807, 2.05) is 24.3 Å². The number of rotatable bonds is 4. The molecular weight excluding hydrogens is 220 g/mol. The van der Waals surface area contributed by atoms with Gasteiger partial charge >= 0.3 is 0 Å². The van der Waals surface area contributed by atoms with Crippen LogP contribution in [0.4, 0.5) is 0 Å². The lowest BCUT2D eigenvalue weighted by atomic mass is 9.91. The quantitative estimate of drug-likeness (QED) is 0.740. The Balaban J connectivity index is 2.25. The van der Waals surface area contributed by atoms with Crippen LogP contribution in [-0.4, -0.2) is 6.29 Å². The molecular formula is C17H18O. The first kappa shape index (κ1) is 12.6. The van der Waals surface area contributed by atoms with Gasteiger partial charge < -0.3 is 4.79 Å². The van der Waals surface area contributed by atoms with E-state index < -0.39 is 0 Å². The second-order valence-electron chi connectivity index (χ2n) is 4.79. The summed E-state index contributed by atoms with van der Waals surface area (Å²) in [7, 11) is 0. The van der Waals surface area contributed by atoms with E-state index in [9.17, 15) is 4.79 Å². The van der Waals surface area contributed by atoms with E-state index in [0.29, 0.717) is 0 Å². The number of benzene rings is 2. The molecule has 0 heterocycles. The van der Waals surface area contributed by atoms with Gasteiger partial charge in [0.15, 0.2) is 0 Å². The molecule has 0 aromatic heterocycles. The fourth-order valence-corrected chi connectivity index (χ4v) is 2.22. The second-order valence-corrected chi connectivity index (χ2v) is 4.79. The third kappa shape index (κ3) is 2.86. The third-order valence-electron chi connectivity index (χ3n) is 3.34. The Kier molecular flexibility index (Phi) is 3.93. The lowest BCUT2D eigenvalue weighted by molar-refractivity contribution is -0.109. The molecule has 2 rings (SSSR count). The Labute approximate surface area is 108 Å². The maximum absolute atomic E-state index is 11.3. The molecule has 18 heavy (non-hydrogen) atoms. The maximum Gasteiger partial charge on any atom is 0.127 e. The molecule has 2 aromatic carbocycles. The van der Waals surface area contributed by atoms with Crippen LogP contribution in [0.2, 0.25) is 0 Å². The molecule has 0 N–H and O–H groups in total. The average Bonchev–Trinajstić information content (AvgIpc) is 2.38. The Hall–Kier alpha value is -1.89. The fourth-order valence-electron chi connectivity index (χ4n) is 2.22. The molecule has 1 unspecified atom stereocenters. The van der Waals surface area contributed by atoms with Crippen molar-refractivity contribution in [3.05, 3.63) is 70.8 Å². The molecule has 0 aliphatic rings. The predicted molar refractivity (Wildman–Crippen MR) is 74.9 cm³/mol. The van der Waals surface area contributed by atoms with E-state index in [1.165, 1.54) is 16.7 Å². The maximum atomic E-state index is 11.3. The van der Waals surface area contributed by atoms with E-state index >= 15 is 0 Å². The lowest BCUT2D eigenvalue weighted by Crippen LogP contribution is -2.05. The normalized spacial score (nSPS) is 12.1. The fraction of sp³-hybridized carbons (Fsp3) is 0.235. The zero-order valence-corrected chi connectivity index (χ0v) is 10.9. The summed E-state index contributed by atoms with van der Waals surface area (Å²) in [6.07, 6.45) is 1.83. The molecule has 92 valence electrons. The van der Waals surface area contributed by atoms with Gasteiger partial charge in [-0.1, -0.05) is 54.1 Å². The summed E-state index contributed by atoms with van der Waals surface area (Å²) in [4.78, 5) is 11.3. The second kappa shape index (κ2) is 5.63. The molecule has 0 amide bonds. The average molecular weight is 238 g/mol. The number of carbonyl (C=O) groups is 1. The van der Waals surface area contributed by atoms with Gasteiger partial charge in [-0.05, 0) is 37.0 Å². The zero-order chi connectivity index (χ0) is 13.0. The van der Waals surface area contributed by atoms with E-state index in [-0.39, 0.29) is 5.92 Å². The molecule has 1 atom stereocenters. The van der Waals surface area contributed by atoms with Crippen molar-refractivity contribution >= 4 is 6.29 Å². The minimum absolute atomic E-state index is 0.0500. The number of aldehydes is 1. The van der Waals surface area contributed by atoms with Crippen molar-refractivity contribution < 1.29 is 4.79 Å². The van der Waals surface area contributed by atoms with Crippen LogP contribution in [0.1, 0.15) is 28.2 Å². The van der Waals surface area contributed by atoms with Crippen molar-refractivity contribution in [1.82, 2.24) is 0 Å². The van der Waals surface area contributed by atoms with Crippen LogP contribution in [0, 0.1) is 13.8 Å². The highest BCUT2D eigenvalue weighted by atomic mass is 16.1. The van der Waals surface area contributed by atoms with Gasteiger partial charge in [-0.15, -0.1) is 0 Å². The van der Waals surface area contributed by atoms with E-state index in [2.05, 4.69) is 38.1 Å². The SMILES string of the molecule is Cc1cccc(C(C=O)Cc2ccccc2C)c1. The summed E-state index contributed by atoms with van der Waals surface area (Å²) >= 11 is 0. The summed E-state index contributed by atoms with van der Waals surface area (Å²) in [5.41, 5.74) is 4.80. The van der Waals surface area contributed by atoms with Gasteiger partial charge in [0, 0.05) is 5.92 Å². The molecule has 0 aliphatic heterocycles. The van der Waals surface area contributed by atoms with Crippen LogP contribution in [0.3, 0.4) is 0 Å². The Bertz CT molecular complexity index is 543. The van der Waals surface area contributed by atoms with Crippen molar-refractivity contribution in [3.8, 4) is 0 Å². The molecule has 0 bridgehead atoms. The van der Waals surface area contributed by atoms with Crippen molar-refractivity contribution in [2.45, 2.75) is 26.2 Å². The molecule has 0 aliphatic carbocycles. The minimum atomic E-state index is -0.0500. The number of hydrogen-bond donors (Lipinski definition) is 0. The minimum Gasteiger partial charge on any atom is -0.303 e. The lowest BCUT2D eigenvalue weighted by Gasteiger charge is -2.13. The number of hydrogen-bond acceptors (Lipinski definition) is 1. The first-order chi connectivity index (χ1) is 8.70. The molecule has 2 aromatic rings.